The summed E-state index contributed by atoms with van der Waals surface area (Å²) in [5, 5.41) is 0. The monoisotopic (exact) mass is 316 g/mol. The summed E-state index contributed by atoms with van der Waals surface area (Å²) in [5.41, 5.74) is 1.19. The van der Waals surface area contributed by atoms with Crippen molar-refractivity contribution >= 4 is 27.0 Å². The molecule has 0 bridgehead atoms. The molecule has 0 saturated heterocycles. The van der Waals surface area contributed by atoms with Gasteiger partial charge in [-0.1, -0.05) is 42.5 Å². The van der Waals surface area contributed by atoms with E-state index in [9.17, 15) is 13.2 Å². The van der Waals surface area contributed by atoms with Crippen LogP contribution in [0.1, 0.15) is 13.9 Å². The van der Waals surface area contributed by atoms with Gasteiger partial charge in [0.25, 0.3) is 0 Å². The molecular formula is C17H14O4S. The van der Waals surface area contributed by atoms with Gasteiger partial charge in [-0.15, -0.1) is 0 Å². The summed E-state index contributed by atoms with van der Waals surface area (Å²) in [7, 11) is -3.36. The van der Waals surface area contributed by atoms with E-state index < -0.39 is 22.4 Å². The number of rotatable bonds is 3. The standard InChI is InChI=1S/C17H14O4S/c1-22(19,20)14-9-7-12(8-10-14)15-11-21-17(18)16(15)13-5-3-2-4-6-13/h2-10H,11H2,1H3/i11D2. The van der Waals surface area contributed by atoms with Crippen LogP contribution < -0.4 is 0 Å². The summed E-state index contributed by atoms with van der Waals surface area (Å²) in [6, 6.07) is 14.4. The number of benzene rings is 2. The average Bonchev–Trinajstić information content (AvgIpc) is 2.76. The molecule has 1 heterocycles. The molecule has 1 aliphatic rings. The number of hydrogen-bond donors (Lipinski definition) is 0. The third-order valence-corrected chi connectivity index (χ3v) is 4.46. The first-order valence-electron chi connectivity index (χ1n) is 7.54. The Morgan fingerprint density at radius 3 is 2.23 bits per heavy atom. The second kappa shape index (κ2) is 5.42. The lowest BCUT2D eigenvalue weighted by molar-refractivity contribution is -0.133. The zero-order valence-corrected chi connectivity index (χ0v) is 12.6. The van der Waals surface area contributed by atoms with Gasteiger partial charge in [0.2, 0.25) is 0 Å². The van der Waals surface area contributed by atoms with E-state index in [4.69, 9.17) is 7.48 Å². The molecule has 0 aromatic heterocycles. The van der Waals surface area contributed by atoms with Crippen molar-refractivity contribution in [3.05, 3.63) is 65.7 Å². The number of cyclic esters (lactones) is 1. The van der Waals surface area contributed by atoms with Gasteiger partial charge < -0.3 is 4.74 Å². The topological polar surface area (TPSA) is 60.4 Å². The molecule has 0 amide bonds. The van der Waals surface area contributed by atoms with Crippen LogP contribution in [-0.4, -0.2) is 27.2 Å². The van der Waals surface area contributed by atoms with Crippen LogP contribution in [0.4, 0.5) is 0 Å². The Balaban J connectivity index is 2.21. The Hall–Kier alpha value is -2.40. The Bertz CT molecular complexity index is 930. The largest absolute Gasteiger partial charge is 0.457 e. The van der Waals surface area contributed by atoms with Crippen molar-refractivity contribution in [2.45, 2.75) is 4.90 Å². The first kappa shape index (κ1) is 12.2. The molecule has 112 valence electrons. The van der Waals surface area contributed by atoms with Gasteiger partial charge in [-0.05, 0) is 23.3 Å². The lowest BCUT2D eigenvalue weighted by atomic mass is 9.97. The van der Waals surface area contributed by atoms with Gasteiger partial charge in [0.15, 0.2) is 9.84 Å². The molecule has 2 aromatic carbocycles. The van der Waals surface area contributed by atoms with Gasteiger partial charge in [-0.25, -0.2) is 13.2 Å². The van der Waals surface area contributed by atoms with Gasteiger partial charge in [-0.3, -0.25) is 0 Å². The molecule has 0 saturated carbocycles. The number of carbonyl (C=O) groups excluding carboxylic acids is 1. The van der Waals surface area contributed by atoms with Crippen molar-refractivity contribution in [3.63, 3.8) is 0 Å². The normalized spacial score (nSPS) is 18.7. The minimum Gasteiger partial charge on any atom is -0.457 e. The molecule has 0 atom stereocenters. The Kier molecular flexibility index (Phi) is 3.00. The fraction of sp³-hybridized carbons (Fsp3) is 0.118. The van der Waals surface area contributed by atoms with Gasteiger partial charge in [0.05, 0.1) is 13.2 Å². The first-order chi connectivity index (χ1) is 11.2. The molecule has 0 radical (unpaired) electrons. The van der Waals surface area contributed by atoms with Crippen LogP contribution in [0.15, 0.2) is 59.5 Å². The van der Waals surface area contributed by atoms with Gasteiger partial charge in [0, 0.05) is 11.8 Å². The number of esters is 1. The minimum absolute atomic E-state index is 0.0961. The second-order valence-electron chi connectivity index (χ2n) is 4.90. The van der Waals surface area contributed by atoms with Crippen LogP contribution in [0.2, 0.25) is 0 Å². The van der Waals surface area contributed by atoms with E-state index in [1.807, 2.05) is 0 Å². The second-order valence-corrected chi connectivity index (χ2v) is 6.92. The molecule has 5 heteroatoms. The smallest absolute Gasteiger partial charge is 0.339 e. The summed E-state index contributed by atoms with van der Waals surface area (Å²) in [6.45, 7) is -2.28. The molecule has 3 rings (SSSR count). The molecule has 0 aliphatic carbocycles. The highest BCUT2D eigenvalue weighted by molar-refractivity contribution is 7.90. The number of carbonyl (C=O) groups is 1. The Morgan fingerprint density at radius 2 is 1.64 bits per heavy atom. The zero-order valence-electron chi connectivity index (χ0n) is 13.7. The van der Waals surface area contributed by atoms with E-state index in [0.717, 1.165) is 6.26 Å². The number of ether oxygens (including phenoxy) is 1. The molecular weight excluding hydrogens is 300 g/mol. The summed E-state index contributed by atoms with van der Waals surface area (Å²) in [4.78, 5) is 12.3. The van der Waals surface area contributed by atoms with Crippen molar-refractivity contribution in [1.29, 1.82) is 0 Å². The maximum Gasteiger partial charge on any atom is 0.339 e. The SMILES string of the molecule is [2H]C1([2H])OC(=O)C(c2ccccc2)=C1c1ccc(S(C)(=O)=O)cc1. The zero-order chi connectivity index (χ0) is 17.5. The highest BCUT2D eigenvalue weighted by Gasteiger charge is 2.27. The fourth-order valence-corrected chi connectivity index (χ4v) is 2.87. The van der Waals surface area contributed by atoms with Gasteiger partial charge in [-0.2, -0.15) is 0 Å². The molecule has 0 N–H and O–H groups in total. The summed E-state index contributed by atoms with van der Waals surface area (Å²) >= 11 is 0. The molecule has 1 aliphatic heterocycles. The van der Waals surface area contributed by atoms with Crippen molar-refractivity contribution in [2.75, 3.05) is 12.8 Å². The highest BCUT2D eigenvalue weighted by atomic mass is 32.2. The van der Waals surface area contributed by atoms with E-state index in [0.29, 0.717) is 11.1 Å². The molecule has 22 heavy (non-hydrogen) atoms. The van der Waals surface area contributed by atoms with Crippen LogP contribution in [-0.2, 0) is 19.4 Å². The molecule has 0 spiro atoms. The van der Waals surface area contributed by atoms with Gasteiger partial charge in [0.1, 0.15) is 6.56 Å². The summed E-state index contributed by atoms with van der Waals surface area (Å²) < 4.78 is 44.0. The maximum absolute atomic E-state index is 12.2. The molecule has 0 unspecified atom stereocenters. The van der Waals surface area contributed by atoms with Crippen molar-refractivity contribution in [3.8, 4) is 0 Å². The lowest BCUT2D eigenvalue weighted by Gasteiger charge is -2.05. The molecule has 2 aromatic rings. The van der Waals surface area contributed by atoms with Crippen LogP contribution >= 0.6 is 0 Å². The Morgan fingerprint density at radius 1 is 1.00 bits per heavy atom. The van der Waals surface area contributed by atoms with Crippen LogP contribution in [0.3, 0.4) is 0 Å². The number of hydrogen-bond acceptors (Lipinski definition) is 4. The lowest BCUT2D eigenvalue weighted by Crippen LogP contribution is -1.98. The number of sulfone groups is 1. The predicted octanol–water partition coefficient (Wildman–Crippen LogP) is 2.56. The molecule has 4 nitrogen and oxygen atoms in total. The minimum atomic E-state index is -3.36. The predicted molar refractivity (Wildman–Crippen MR) is 83.8 cm³/mol. The van der Waals surface area contributed by atoms with Crippen molar-refractivity contribution < 1.29 is 20.7 Å². The highest BCUT2D eigenvalue weighted by Crippen LogP contribution is 2.33. The van der Waals surface area contributed by atoms with Crippen LogP contribution in [0, 0.1) is 0 Å². The van der Waals surface area contributed by atoms with E-state index in [2.05, 4.69) is 0 Å². The van der Waals surface area contributed by atoms with E-state index in [1.54, 1.807) is 30.3 Å². The molecule has 0 fully saturated rings. The fourth-order valence-electron chi connectivity index (χ4n) is 2.24. The quantitative estimate of drug-likeness (QED) is 0.817. The third-order valence-electron chi connectivity index (χ3n) is 3.33. The summed E-state index contributed by atoms with van der Waals surface area (Å²) in [5.74, 6) is -0.742. The van der Waals surface area contributed by atoms with Crippen molar-refractivity contribution in [2.24, 2.45) is 0 Å². The maximum atomic E-state index is 12.2. The van der Waals surface area contributed by atoms with Gasteiger partial charge >= 0.3 is 5.97 Å². The van der Waals surface area contributed by atoms with E-state index in [-0.39, 0.29) is 16.0 Å². The van der Waals surface area contributed by atoms with Crippen LogP contribution in [0.5, 0.6) is 0 Å². The van der Waals surface area contributed by atoms with E-state index in [1.165, 1.54) is 24.3 Å². The third kappa shape index (κ3) is 2.67. The van der Waals surface area contributed by atoms with Crippen molar-refractivity contribution in [1.82, 2.24) is 0 Å². The van der Waals surface area contributed by atoms with Crippen LogP contribution in [0.25, 0.3) is 11.1 Å². The average molecular weight is 316 g/mol. The Labute approximate surface area is 131 Å². The van der Waals surface area contributed by atoms with E-state index >= 15 is 0 Å². The summed E-state index contributed by atoms with van der Waals surface area (Å²) in [6.07, 6.45) is 1.10. The first-order valence-corrected chi connectivity index (χ1v) is 8.43.